The van der Waals surface area contributed by atoms with Crippen LogP contribution in [0.4, 0.5) is 0 Å². The average Bonchev–Trinajstić information content (AvgIpc) is 2.48. The summed E-state index contributed by atoms with van der Waals surface area (Å²) in [5.74, 6) is 5.76. The lowest BCUT2D eigenvalue weighted by atomic mass is 10.5. The molecule has 58 valence electrons. The van der Waals surface area contributed by atoms with Crippen LogP contribution in [0.5, 0.6) is 0 Å². The molecule has 1 aromatic heterocycles. The topological polar surface area (TPSA) is 33.1 Å². The van der Waals surface area contributed by atoms with Gasteiger partial charge in [0.05, 0.1) is 18.2 Å². The Bertz CT molecular complexity index is 286. The van der Waals surface area contributed by atoms with Gasteiger partial charge in [-0.1, -0.05) is 5.92 Å². The molecule has 0 atom stereocenters. The number of nitrogens with zero attached hydrogens (tertiary/aromatic N) is 1. The fourth-order valence-corrected chi connectivity index (χ4v) is 1.29. The second-order valence-corrected chi connectivity index (χ2v) is 2.86. The van der Waals surface area contributed by atoms with Gasteiger partial charge < -0.3 is 5.11 Å². The molecule has 1 N–H and O–H groups in total. The Morgan fingerprint density at radius 2 is 2.55 bits per heavy atom. The van der Waals surface area contributed by atoms with Gasteiger partial charge in [0, 0.05) is 5.38 Å². The van der Waals surface area contributed by atoms with E-state index in [0.29, 0.717) is 16.6 Å². The molecule has 0 bridgehead atoms. The van der Waals surface area contributed by atoms with Crippen LogP contribution in [0.2, 0.25) is 0 Å². The molecular formula is C7H6ClNOS. The van der Waals surface area contributed by atoms with Crippen LogP contribution in [0, 0.1) is 11.8 Å². The van der Waals surface area contributed by atoms with Gasteiger partial charge in [-0.15, -0.1) is 22.9 Å². The van der Waals surface area contributed by atoms with Crippen molar-refractivity contribution in [2.75, 3.05) is 5.88 Å². The summed E-state index contributed by atoms with van der Waals surface area (Å²) in [7, 11) is 0. The summed E-state index contributed by atoms with van der Waals surface area (Å²) < 4.78 is 0. The molecule has 0 fully saturated rings. The molecule has 0 radical (unpaired) electrons. The van der Waals surface area contributed by atoms with Crippen LogP contribution in [0.3, 0.4) is 0 Å². The number of alkyl halides is 1. The molecule has 0 saturated heterocycles. The van der Waals surface area contributed by atoms with Crippen molar-refractivity contribution in [1.29, 1.82) is 0 Å². The second kappa shape index (κ2) is 4.35. The first kappa shape index (κ1) is 8.54. The Morgan fingerprint density at radius 3 is 3.09 bits per heavy atom. The molecule has 11 heavy (non-hydrogen) atoms. The van der Waals surface area contributed by atoms with E-state index in [-0.39, 0.29) is 6.61 Å². The Hall–Kier alpha value is -0.560. The first-order valence-electron chi connectivity index (χ1n) is 2.97. The number of hydrogen-bond donors (Lipinski definition) is 1. The predicted octanol–water partition coefficient (Wildman–Crippen LogP) is 1.23. The van der Waals surface area contributed by atoms with Crippen molar-refractivity contribution in [2.45, 2.75) is 6.61 Å². The molecule has 0 unspecified atom stereocenters. The molecule has 1 heterocycles. The van der Waals surface area contributed by atoms with Gasteiger partial charge in [0.25, 0.3) is 0 Å². The van der Waals surface area contributed by atoms with E-state index in [1.165, 1.54) is 11.3 Å². The number of aromatic nitrogens is 1. The molecule has 0 aromatic carbocycles. The van der Waals surface area contributed by atoms with Crippen LogP contribution in [-0.2, 0) is 6.61 Å². The van der Waals surface area contributed by atoms with Gasteiger partial charge >= 0.3 is 0 Å². The van der Waals surface area contributed by atoms with Crippen molar-refractivity contribution >= 4 is 22.9 Å². The van der Waals surface area contributed by atoms with Crippen LogP contribution in [-0.4, -0.2) is 16.0 Å². The molecule has 1 rings (SSSR count). The van der Waals surface area contributed by atoms with Crippen molar-refractivity contribution < 1.29 is 5.11 Å². The van der Waals surface area contributed by atoms with Gasteiger partial charge in [0.15, 0.2) is 5.01 Å². The minimum Gasteiger partial charge on any atom is -0.390 e. The Kier molecular flexibility index (Phi) is 3.37. The molecule has 0 aliphatic carbocycles. The zero-order valence-corrected chi connectivity index (χ0v) is 7.24. The average molecular weight is 188 g/mol. The summed E-state index contributed by atoms with van der Waals surface area (Å²) in [6, 6.07) is 0. The van der Waals surface area contributed by atoms with Crippen LogP contribution >= 0.6 is 22.9 Å². The number of aliphatic hydroxyl groups excluding tert-OH is 1. The zero-order valence-electron chi connectivity index (χ0n) is 5.67. The van der Waals surface area contributed by atoms with Crippen LogP contribution in [0.15, 0.2) is 5.38 Å². The fraction of sp³-hybridized carbons (Fsp3) is 0.286. The molecule has 0 aliphatic heterocycles. The fourth-order valence-electron chi connectivity index (χ4n) is 0.546. The molecular weight excluding hydrogens is 182 g/mol. The van der Waals surface area contributed by atoms with Gasteiger partial charge in [0.2, 0.25) is 0 Å². The number of aliphatic hydroxyl groups is 1. The highest BCUT2D eigenvalue weighted by Crippen LogP contribution is 2.07. The largest absolute Gasteiger partial charge is 0.390 e. The van der Waals surface area contributed by atoms with Crippen molar-refractivity contribution in [3.63, 3.8) is 0 Å². The summed E-state index contributed by atoms with van der Waals surface area (Å²) in [6.45, 7) is -0.0287. The van der Waals surface area contributed by atoms with E-state index in [2.05, 4.69) is 16.8 Å². The maximum Gasteiger partial charge on any atom is 0.167 e. The van der Waals surface area contributed by atoms with E-state index in [9.17, 15) is 0 Å². The molecule has 0 amide bonds. The number of thiazole rings is 1. The lowest BCUT2D eigenvalue weighted by Crippen LogP contribution is -1.81. The van der Waals surface area contributed by atoms with Crippen molar-refractivity contribution in [3.05, 3.63) is 16.1 Å². The van der Waals surface area contributed by atoms with E-state index in [0.717, 1.165) is 0 Å². The van der Waals surface area contributed by atoms with E-state index in [1.54, 1.807) is 5.38 Å². The molecule has 1 aromatic rings. The zero-order chi connectivity index (χ0) is 8.10. The standard InChI is InChI=1S/C7H6ClNOS/c8-3-1-2-7-9-6(4-10)5-11-7/h5,10H,3-4H2. The normalized spacial score (nSPS) is 8.91. The smallest absolute Gasteiger partial charge is 0.167 e. The first-order valence-corrected chi connectivity index (χ1v) is 4.38. The van der Waals surface area contributed by atoms with E-state index >= 15 is 0 Å². The molecule has 0 spiro atoms. The van der Waals surface area contributed by atoms with Gasteiger partial charge in [-0.2, -0.15) is 0 Å². The second-order valence-electron chi connectivity index (χ2n) is 1.74. The van der Waals surface area contributed by atoms with E-state index in [4.69, 9.17) is 16.7 Å². The Balaban J connectivity index is 2.72. The maximum absolute atomic E-state index is 8.65. The third-order valence-corrected chi connectivity index (χ3v) is 1.92. The maximum atomic E-state index is 8.65. The Morgan fingerprint density at radius 1 is 1.73 bits per heavy atom. The van der Waals surface area contributed by atoms with Gasteiger partial charge in [0.1, 0.15) is 0 Å². The summed E-state index contributed by atoms with van der Waals surface area (Å²) in [4.78, 5) is 4.00. The van der Waals surface area contributed by atoms with Gasteiger partial charge in [-0.3, -0.25) is 0 Å². The lowest BCUT2D eigenvalue weighted by Gasteiger charge is -1.79. The van der Waals surface area contributed by atoms with Crippen molar-refractivity contribution in [1.82, 2.24) is 4.98 Å². The summed E-state index contributed by atoms with van der Waals surface area (Å²) >= 11 is 6.76. The lowest BCUT2D eigenvalue weighted by molar-refractivity contribution is 0.277. The molecule has 2 nitrogen and oxygen atoms in total. The van der Waals surface area contributed by atoms with E-state index < -0.39 is 0 Å². The number of rotatable bonds is 1. The monoisotopic (exact) mass is 187 g/mol. The Labute approximate surface area is 73.8 Å². The summed E-state index contributed by atoms with van der Waals surface area (Å²) in [5, 5.41) is 11.1. The van der Waals surface area contributed by atoms with Crippen LogP contribution in [0.1, 0.15) is 10.7 Å². The third kappa shape index (κ3) is 2.51. The number of halogens is 1. The third-order valence-electron chi connectivity index (χ3n) is 0.976. The van der Waals surface area contributed by atoms with Crippen molar-refractivity contribution in [3.8, 4) is 11.8 Å². The highest BCUT2D eigenvalue weighted by Gasteiger charge is 1.95. The van der Waals surface area contributed by atoms with Crippen LogP contribution < -0.4 is 0 Å². The minimum absolute atomic E-state index is 0.0287. The predicted molar refractivity (Wildman–Crippen MR) is 45.6 cm³/mol. The molecule has 0 aliphatic rings. The quantitative estimate of drug-likeness (QED) is 0.530. The van der Waals surface area contributed by atoms with Gasteiger partial charge in [-0.05, 0) is 5.92 Å². The van der Waals surface area contributed by atoms with E-state index in [1.807, 2.05) is 0 Å². The highest BCUT2D eigenvalue weighted by molar-refractivity contribution is 7.10. The van der Waals surface area contributed by atoms with Gasteiger partial charge in [-0.25, -0.2) is 4.98 Å². The van der Waals surface area contributed by atoms with Crippen LogP contribution in [0.25, 0.3) is 0 Å². The molecule has 4 heteroatoms. The number of hydrogen-bond acceptors (Lipinski definition) is 3. The SMILES string of the molecule is OCc1csc(C#CCCl)n1. The highest BCUT2D eigenvalue weighted by atomic mass is 35.5. The first-order chi connectivity index (χ1) is 5.36. The minimum atomic E-state index is -0.0287. The summed E-state index contributed by atoms with van der Waals surface area (Å²) in [6.07, 6.45) is 0. The molecule has 0 saturated carbocycles. The van der Waals surface area contributed by atoms with Crippen molar-refractivity contribution in [2.24, 2.45) is 0 Å². The summed E-state index contributed by atoms with van der Waals surface area (Å²) in [5.41, 5.74) is 0.661.